The highest BCUT2D eigenvalue weighted by atomic mass is 35.5. The van der Waals surface area contributed by atoms with Gasteiger partial charge in [-0.1, -0.05) is 18.5 Å². The quantitative estimate of drug-likeness (QED) is 0.788. The average Bonchev–Trinajstić information content (AvgIpc) is 2.19. The maximum Gasteiger partial charge on any atom is 0.573 e. The number of hydrogen-bond donors (Lipinski definition) is 0. The van der Waals surface area contributed by atoms with E-state index < -0.39 is 19.3 Å². The van der Waals surface area contributed by atoms with E-state index in [0.717, 1.165) is 6.07 Å². The summed E-state index contributed by atoms with van der Waals surface area (Å²) in [6, 6.07) is 3.79. The molecule has 1 rings (SSSR count). The van der Waals surface area contributed by atoms with Crippen molar-refractivity contribution in [2.24, 2.45) is 0 Å². The SMILES string of the molecule is CC[P@](C)(=O)c1ccc(Cl)c(OC(F)(F)F)c1. The van der Waals surface area contributed by atoms with Gasteiger partial charge in [-0.25, -0.2) is 0 Å². The Balaban J connectivity index is 3.16. The molecule has 0 saturated carbocycles. The summed E-state index contributed by atoms with van der Waals surface area (Å²) < 4.78 is 52.0. The molecular formula is C10H11ClF3O2P. The molecule has 0 radical (unpaired) electrons. The second-order valence-corrected chi connectivity index (χ2v) is 7.34. The van der Waals surface area contributed by atoms with Gasteiger partial charge in [-0.05, 0) is 24.9 Å². The van der Waals surface area contributed by atoms with E-state index in [1.807, 2.05) is 0 Å². The molecule has 0 aliphatic rings. The Morgan fingerprint density at radius 2 is 2.00 bits per heavy atom. The standard InChI is InChI=1S/C10H11ClF3O2P/c1-3-17(2,15)7-4-5-8(11)9(6-7)16-10(12,13)14/h4-6H,3H2,1-2H3/t17-/m0/s1. The first kappa shape index (κ1) is 14.4. The van der Waals surface area contributed by atoms with Crippen molar-refractivity contribution in [2.45, 2.75) is 13.3 Å². The first-order valence-corrected chi connectivity index (χ1v) is 7.50. The lowest BCUT2D eigenvalue weighted by atomic mass is 10.3. The van der Waals surface area contributed by atoms with Crippen molar-refractivity contribution >= 4 is 24.0 Å². The molecule has 0 aliphatic carbocycles. The van der Waals surface area contributed by atoms with Crippen molar-refractivity contribution in [3.8, 4) is 5.75 Å². The molecule has 96 valence electrons. The van der Waals surface area contributed by atoms with Gasteiger partial charge in [0.25, 0.3) is 0 Å². The molecule has 0 aromatic heterocycles. The third kappa shape index (κ3) is 3.93. The topological polar surface area (TPSA) is 26.3 Å². The van der Waals surface area contributed by atoms with Crippen LogP contribution in [0.15, 0.2) is 18.2 Å². The number of hydrogen-bond acceptors (Lipinski definition) is 2. The summed E-state index contributed by atoms with van der Waals surface area (Å²) in [4.78, 5) is 0. The minimum atomic E-state index is -4.81. The van der Waals surface area contributed by atoms with E-state index in [2.05, 4.69) is 4.74 Å². The van der Waals surface area contributed by atoms with Crippen LogP contribution in [0, 0.1) is 0 Å². The fourth-order valence-electron chi connectivity index (χ4n) is 1.17. The smallest absolute Gasteiger partial charge is 0.404 e. The predicted octanol–water partition coefficient (Wildman–Crippen LogP) is 3.88. The molecule has 1 aromatic carbocycles. The fourth-order valence-corrected chi connectivity index (χ4v) is 2.47. The average molecular weight is 287 g/mol. The highest BCUT2D eigenvalue weighted by Crippen LogP contribution is 2.41. The van der Waals surface area contributed by atoms with Crippen LogP contribution in [0.5, 0.6) is 5.75 Å². The van der Waals surface area contributed by atoms with E-state index in [1.165, 1.54) is 18.8 Å². The molecule has 0 saturated heterocycles. The summed E-state index contributed by atoms with van der Waals surface area (Å²) in [5.74, 6) is -0.521. The second kappa shape index (κ2) is 4.91. The molecule has 7 heteroatoms. The Labute approximate surface area is 102 Å². The van der Waals surface area contributed by atoms with Crippen LogP contribution < -0.4 is 10.0 Å². The van der Waals surface area contributed by atoms with Gasteiger partial charge in [0.1, 0.15) is 12.9 Å². The molecular weight excluding hydrogens is 276 g/mol. The lowest BCUT2D eigenvalue weighted by Crippen LogP contribution is -2.18. The van der Waals surface area contributed by atoms with Gasteiger partial charge in [0.15, 0.2) is 0 Å². The van der Waals surface area contributed by atoms with E-state index >= 15 is 0 Å². The lowest BCUT2D eigenvalue weighted by Gasteiger charge is -2.15. The molecule has 0 heterocycles. The summed E-state index contributed by atoms with van der Waals surface area (Å²) >= 11 is 5.58. The first-order valence-electron chi connectivity index (χ1n) is 4.78. The Hall–Kier alpha value is -0.670. The van der Waals surface area contributed by atoms with Crippen LogP contribution >= 0.6 is 18.7 Å². The molecule has 0 bridgehead atoms. The predicted molar refractivity (Wildman–Crippen MR) is 61.8 cm³/mol. The highest BCUT2D eigenvalue weighted by molar-refractivity contribution is 7.70. The van der Waals surface area contributed by atoms with Crippen molar-refractivity contribution in [2.75, 3.05) is 12.8 Å². The third-order valence-electron chi connectivity index (χ3n) is 2.29. The van der Waals surface area contributed by atoms with Gasteiger partial charge in [0, 0.05) is 11.5 Å². The molecule has 0 N–H and O–H groups in total. The number of alkyl halides is 3. The Bertz CT molecular complexity index is 459. The van der Waals surface area contributed by atoms with Crippen LogP contribution in [0.4, 0.5) is 13.2 Å². The zero-order valence-electron chi connectivity index (χ0n) is 9.21. The van der Waals surface area contributed by atoms with Gasteiger partial charge < -0.3 is 9.30 Å². The number of rotatable bonds is 3. The van der Waals surface area contributed by atoms with Crippen LogP contribution in [0.2, 0.25) is 5.02 Å². The van der Waals surface area contributed by atoms with Gasteiger partial charge in [-0.15, -0.1) is 13.2 Å². The van der Waals surface area contributed by atoms with Gasteiger partial charge >= 0.3 is 6.36 Å². The lowest BCUT2D eigenvalue weighted by molar-refractivity contribution is -0.274. The van der Waals surface area contributed by atoms with Crippen LogP contribution in [0.25, 0.3) is 0 Å². The summed E-state index contributed by atoms with van der Waals surface area (Å²) in [5.41, 5.74) is 0. The second-order valence-electron chi connectivity index (χ2n) is 3.58. The zero-order chi connectivity index (χ0) is 13.3. The third-order valence-corrected chi connectivity index (χ3v) is 5.18. The zero-order valence-corrected chi connectivity index (χ0v) is 10.9. The number of ether oxygens (including phenoxy) is 1. The molecule has 1 aromatic rings. The van der Waals surface area contributed by atoms with E-state index in [4.69, 9.17) is 11.6 Å². The van der Waals surface area contributed by atoms with Crippen molar-refractivity contribution < 1.29 is 22.5 Å². The van der Waals surface area contributed by atoms with Crippen LogP contribution in [0.3, 0.4) is 0 Å². The molecule has 0 spiro atoms. The van der Waals surface area contributed by atoms with Crippen molar-refractivity contribution in [1.82, 2.24) is 0 Å². The maximum absolute atomic E-state index is 12.1. The van der Waals surface area contributed by atoms with Crippen molar-refractivity contribution in [3.63, 3.8) is 0 Å². The van der Waals surface area contributed by atoms with Crippen LogP contribution in [-0.2, 0) is 4.57 Å². The van der Waals surface area contributed by atoms with E-state index in [1.54, 1.807) is 6.92 Å². The van der Waals surface area contributed by atoms with Gasteiger partial charge in [0.2, 0.25) is 0 Å². The molecule has 0 unspecified atom stereocenters. The van der Waals surface area contributed by atoms with Gasteiger partial charge in [-0.2, -0.15) is 0 Å². The normalized spacial score (nSPS) is 15.4. The molecule has 17 heavy (non-hydrogen) atoms. The highest BCUT2D eigenvalue weighted by Gasteiger charge is 2.32. The molecule has 0 aliphatic heterocycles. The fraction of sp³-hybridized carbons (Fsp3) is 0.400. The number of benzene rings is 1. The molecule has 1 atom stereocenters. The Morgan fingerprint density at radius 3 is 2.47 bits per heavy atom. The summed E-state index contributed by atoms with van der Waals surface area (Å²) in [6.45, 7) is 3.22. The van der Waals surface area contributed by atoms with E-state index in [-0.39, 0.29) is 5.02 Å². The van der Waals surface area contributed by atoms with Gasteiger partial charge in [0.05, 0.1) is 5.02 Å². The van der Waals surface area contributed by atoms with Crippen LogP contribution in [0.1, 0.15) is 6.92 Å². The largest absolute Gasteiger partial charge is 0.573 e. The number of halogens is 4. The Morgan fingerprint density at radius 1 is 1.41 bits per heavy atom. The minimum absolute atomic E-state index is 0.165. The molecule has 0 fully saturated rings. The van der Waals surface area contributed by atoms with Gasteiger partial charge in [-0.3, -0.25) is 0 Å². The van der Waals surface area contributed by atoms with Crippen LogP contribution in [-0.4, -0.2) is 19.2 Å². The monoisotopic (exact) mass is 286 g/mol. The summed E-state index contributed by atoms with van der Waals surface area (Å²) in [6.07, 6.45) is -4.45. The summed E-state index contributed by atoms with van der Waals surface area (Å²) in [5, 5.41) is 0.158. The first-order chi connectivity index (χ1) is 7.65. The van der Waals surface area contributed by atoms with Crippen molar-refractivity contribution in [3.05, 3.63) is 23.2 Å². The minimum Gasteiger partial charge on any atom is -0.404 e. The molecule has 0 amide bonds. The van der Waals surface area contributed by atoms with E-state index in [0.29, 0.717) is 11.5 Å². The summed E-state index contributed by atoms with van der Waals surface area (Å²) in [7, 11) is -2.64. The van der Waals surface area contributed by atoms with E-state index in [9.17, 15) is 17.7 Å². The molecule has 2 nitrogen and oxygen atoms in total. The maximum atomic E-state index is 12.1. The Kier molecular flexibility index (Phi) is 4.15. The van der Waals surface area contributed by atoms with Crippen molar-refractivity contribution in [1.29, 1.82) is 0 Å².